The van der Waals surface area contributed by atoms with Crippen molar-refractivity contribution in [3.05, 3.63) is 95.1 Å². The fourth-order valence-corrected chi connectivity index (χ4v) is 6.85. The zero-order valence-corrected chi connectivity index (χ0v) is 27.8. The van der Waals surface area contributed by atoms with E-state index in [1.807, 2.05) is 49.4 Å². The number of carbonyl (C=O) groups is 1. The molecule has 1 atom stereocenters. The molecule has 1 aromatic heterocycles. The van der Waals surface area contributed by atoms with Crippen molar-refractivity contribution in [1.82, 2.24) is 4.57 Å². The summed E-state index contributed by atoms with van der Waals surface area (Å²) < 4.78 is 25.8. The van der Waals surface area contributed by atoms with E-state index in [1.54, 1.807) is 37.7 Å². The predicted octanol–water partition coefficient (Wildman–Crippen LogP) is 6.30. The lowest BCUT2D eigenvalue weighted by atomic mass is 9.95. The molecule has 0 amide bonds. The number of methoxy groups -OCH3 is 1. The topological polar surface area (TPSA) is 88.3 Å². The van der Waals surface area contributed by atoms with Crippen molar-refractivity contribution in [3.63, 3.8) is 0 Å². The van der Waals surface area contributed by atoms with Crippen LogP contribution in [0.5, 0.6) is 17.2 Å². The number of unbranched alkanes of at least 4 members (excludes halogenated alkanes) is 1. The number of allylic oxidation sites excluding steroid dienone is 1. The minimum Gasteiger partial charge on any atom is -0.493 e. The maximum absolute atomic E-state index is 14.4. The van der Waals surface area contributed by atoms with Crippen LogP contribution >= 0.6 is 27.3 Å². The van der Waals surface area contributed by atoms with E-state index in [1.165, 1.54) is 11.3 Å². The van der Waals surface area contributed by atoms with Gasteiger partial charge in [0.1, 0.15) is 5.75 Å². The molecule has 0 saturated carbocycles. The first kappa shape index (κ1) is 31.5. The molecule has 1 aliphatic rings. The highest BCUT2D eigenvalue weighted by molar-refractivity contribution is 9.10. The van der Waals surface area contributed by atoms with Crippen LogP contribution in [0.4, 0.5) is 0 Å². The number of esters is 1. The highest BCUT2D eigenvalue weighted by Crippen LogP contribution is 2.41. The van der Waals surface area contributed by atoms with Crippen LogP contribution in [0, 0.1) is 0 Å². The molecule has 5 rings (SSSR count). The molecule has 44 heavy (non-hydrogen) atoms. The Hall–Kier alpha value is -3.89. The third kappa shape index (κ3) is 6.05. The lowest BCUT2D eigenvalue weighted by molar-refractivity contribution is -0.139. The molecular formula is C34H35BrN2O6S. The number of carbonyl (C=O) groups excluding carboxylic acids is 1. The van der Waals surface area contributed by atoms with E-state index in [2.05, 4.69) is 22.9 Å². The van der Waals surface area contributed by atoms with Gasteiger partial charge >= 0.3 is 5.97 Å². The minimum atomic E-state index is -0.820. The molecular weight excluding hydrogens is 644 g/mol. The Bertz CT molecular complexity index is 1930. The summed E-state index contributed by atoms with van der Waals surface area (Å²) >= 11 is 4.95. The Labute approximate surface area is 268 Å². The van der Waals surface area contributed by atoms with Crippen molar-refractivity contribution in [2.75, 3.05) is 26.9 Å². The Kier molecular flexibility index (Phi) is 9.90. The monoisotopic (exact) mass is 678 g/mol. The fourth-order valence-electron chi connectivity index (χ4n) is 5.28. The number of rotatable bonds is 11. The molecule has 0 saturated heterocycles. The third-order valence-electron chi connectivity index (χ3n) is 7.36. The number of halogens is 1. The van der Waals surface area contributed by atoms with Gasteiger partial charge in [-0.05, 0) is 67.8 Å². The van der Waals surface area contributed by atoms with Gasteiger partial charge in [0.25, 0.3) is 5.56 Å². The second kappa shape index (κ2) is 13.8. The Morgan fingerprint density at radius 2 is 1.84 bits per heavy atom. The predicted molar refractivity (Wildman–Crippen MR) is 177 cm³/mol. The van der Waals surface area contributed by atoms with E-state index >= 15 is 0 Å². The van der Waals surface area contributed by atoms with Crippen LogP contribution in [0.2, 0.25) is 0 Å². The van der Waals surface area contributed by atoms with Crippen LogP contribution in [0.15, 0.2) is 74.1 Å². The van der Waals surface area contributed by atoms with E-state index < -0.39 is 12.0 Å². The van der Waals surface area contributed by atoms with Gasteiger partial charge in [0, 0.05) is 10.0 Å². The number of fused-ring (bicyclic) bond motifs is 2. The van der Waals surface area contributed by atoms with Gasteiger partial charge in [-0.2, -0.15) is 0 Å². The van der Waals surface area contributed by atoms with Gasteiger partial charge in [0.05, 0.1) is 48.8 Å². The molecule has 0 N–H and O–H groups in total. The summed E-state index contributed by atoms with van der Waals surface area (Å²) in [5.41, 5.74) is 1.96. The molecule has 0 radical (unpaired) electrons. The molecule has 230 valence electrons. The average molecular weight is 680 g/mol. The summed E-state index contributed by atoms with van der Waals surface area (Å²) in [7, 11) is 1.55. The first-order chi connectivity index (χ1) is 21.3. The van der Waals surface area contributed by atoms with Crippen molar-refractivity contribution < 1.29 is 23.7 Å². The summed E-state index contributed by atoms with van der Waals surface area (Å²) in [6, 6.07) is 14.8. The number of hydrogen-bond acceptors (Lipinski definition) is 8. The van der Waals surface area contributed by atoms with Gasteiger partial charge < -0.3 is 18.9 Å². The molecule has 10 heteroatoms. The number of benzene rings is 3. The maximum atomic E-state index is 14.4. The van der Waals surface area contributed by atoms with Crippen LogP contribution in [0.1, 0.15) is 57.7 Å². The van der Waals surface area contributed by atoms with Gasteiger partial charge in [0.2, 0.25) is 0 Å². The highest BCUT2D eigenvalue weighted by atomic mass is 79.9. The zero-order chi connectivity index (χ0) is 31.4. The Balaban J connectivity index is 1.77. The normalized spacial score (nSPS) is 14.8. The van der Waals surface area contributed by atoms with Crippen LogP contribution in [-0.2, 0) is 9.53 Å². The minimum absolute atomic E-state index is 0.183. The van der Waals surface area contributed by atoms with E-state index in [-0.39, 0.29) is 17.7 Å². The molecule has 4 aromatic rings. The van der Waals surface area contributed by atoms with Gasteiger partial charge in [-0.3, -0.25) is 9.36 Å². The molecule has 2 heterocycles. The van der Waals surface area contributed by atoms with Crippen molar-refractivity contribution in [2.24, 2.45) is 4.99 Å². The van der Waals surface area contributed by atoms with E-state index in [9.17, 15) is 9.59 Å². The molecule has 8 nitrogen and oxygen atoms in total. The smallest absolute Gasteiger partial charge is 0.338 e. The largest absolute Gasteiger partial charge is 0.493 e. The van der Waals surface area contributed by atoms with Crippen molar-refractivity contribution >= 4 is 50.1 Å². The van der Waals surface area contributed by atoms with Crippen LogP contribution < -0.4 is 29.1 Å². The Morgan fingerprint density at radius 3 is 2.57 bits per heavy atom. The highest BCUT2D eigenvalue weighted by Gasteiger charge is 2.35. The second-order valence-electron chi connectivity index (χ2n) is 10.2. The van der Waals surface area contributed by atoms with Crippen molar-refractivity contribution in [1.29, 1.82) is 0 Å². The van der Waals surface area contributed by atoms with E-state index in [0.29, 0.717) is 55.5 Å². The SMILES string of the molecule is CCCCOc1ccc2ccccc2c1/C=c1/sc2n(c1=O)[C@@H](c1cc(OC)c(OCC)cc1Br)C(C(=O)OCC)=C(C)N=2. The number of nitrogens with zero attached hydrogens (tertiary/aromatic N) is 2. The zero-order valence-electron chi connectivity index (χ0n) is 25.4. The molecule has 0 unspecified atom stereocenters. The van der Waals surface area contributed by atoms with Crippen molar-refractivity contribution in [3.8, 4) is 17.2 Å². The fraction of sp³-hybridized carbons (Fsp3) is 0.324. The number of hydrogen-bond donors (Lipinski definition) is 0. The van der Waals surface area contributed by atoms with Crippen molar-refractivity contribution in [2.45, 2.75) is 46.6 Å². The van der Waals surface area contributed by atoms with Gasteiger partial charge in [-0.25, -0.2) is 9.79 Å². The summed E-state index contributed by atoms with van der Waals surface area (Å²) in [5.74, 6) is 1.20. The first-order valence-corrected chi connectivity index (χ1v) is 16.3. The average Bonchev–Trinajstić information content (AvgIpc) is 3.32. The molecule has 1 aliphatic heterocycles. The van der Waals surface area contributed by atoms with Gasteiger partial charge in [0.15, 0.2) is 16.3 Å². The lowest BCUT2D eigenvalue weighted by Crippen LogP contribution is -2.40. The summed E-state index contributed by atoms with van der Waals surface area (Å²) in [6.07, 6.45) is 3.81. The molecule has 0 spiro atoms. The molecule has 0 fully saturated rings. The quantitative estimate of drug-likeness (QED) is 0.137. The van der Waals surface area contributed by atoms with Crippen LogP contribution in [0.25, 0.3) is 16.8 Å². The number of aromatic nitrogens is 1. The van der Waals surface area contributed by atoms with E-state index in [0.717, 1.165) is 29.2 Å². The first-order valence-electron chi connectivity index (χ1n) is 14.7. The summed E-state index contributed by atoms with van der Waals surface area (Å²) in [6.45, 7) is 8.73. The Morgan fingerprint density at radius 1 is 1.05 bits per heavy atom. The maximum Gasteiger partial charge on any atom is 0.338 e. The summed E-state index contributed by atoms with van der Waals surface area (Å²) in [4.78, 5) is 33.0. The van der Waals surface area contributed by atoms with Gasteiger partial charge in [-0.15, -0.1) is 0 Å². The standard InChI is InChI=1S/C34H35BrN2O6S/c1-6-9-16-43-26-15-14-21-12-10-11-13-22(21)23(26)18-29-32(38)37-31(24-17-27(40-5)28(41-7-2)19-25(24)35)30(33(39)42-8-3)20(4)36-34(37)44-29/h10-15,17-19,31H,6-9,16H2,1-5H3/b29-18+/t31-/m0/s1. The number of thiazole rings is 1. The molecule has 0 aliphatic carbocycles. The lowest BCUT2D eigenvalue weighted by Gasteiger charge is -2.26. The molecule has 0 bridgehead atoms. The molecule has 3 aromatic carbocycles. The summed E-state index contributed by atoms with van der Waals surface area (Å²) in [5, 5.41) is 2.02. The van der Waals surface area contributed by atoms with Gasteiger partial charge in [-0.1, -0.05) is 70.9 Å². The second-order valence-corrected chi connectivity index (χ2v) is 12.0. The van der Waals surface area contributed by atoms with E-state index in [4.69, 9.17) is 23.9 Å². The van der Waals surface area contributed by atoms with Crippen LogP contribution in [0.3, 0.4) is 0 Å². The van der Waals surface area contributed by atoms with Crippen LogP contribution in [-0.4, -0.2) is 37.5 Å². The third-order valence-corrected chi connectivity index (χ3v) is 9.03. The number of ether oxygens (including phenoxy) is 4.